The highest BCUT2D eigenvalue weighted by Gasteiger charge is 2.38. The fourth-order valence-electron chi connectivity index (χ4n) is 5.47. The fourth-order valence-corrected chi connectivity index (χ4v) is 6.45. The zero-order chi connectivity index (χ0) is 35.5. The molecule has 0 saturated carbocycles. The Bertz CT molecular complexity index is 1080. The molecule has 272 valence electrons. The van der Waals surface area contributed by atoms with E-state index in [-0.39, 0.29) is 107 Å². The number of carbonyl (C=O) groups is 7. The Hall–Kier alpha value is -3.16. The minimum absolute atomic E-state index is 0.00274. The first-order valence-corrected chi connectivity index (χ1v) is 17.4. The van der Waals surface area contributed by atoms with E-state index >= 15 is 0 Å². The maximum absolute atomic E-state index is 13.0. The number of imide groups is 1. The van der Waals surface area contributed by atoms with Crippen molar-refractivity contribution < 1.29 is 48.9 Å². The van der Waals surface area contributed by atoms with Crippen LogP contribution in [0.3, 0.4) is 0 Å². The summed E-state index contributed by atoms with van der Waals surface area (Å²) in [5.41, 5.74) is 5.46. The number of carboxylic acid groups (broad SMARTS) is 3. The normalized spacial score (nSPS) is 19.5. The number of unbranched alkanes of at least 4 members (excludes halogenated alkanes) is 2. The second-order valence-electron chi connectivity index (χ2n) is 12.0. The monoisotopic (exact) mass is 701 g/mol. The van der Waals surface area contributed by atoms with Gasteiger partial charge in [0, 0.05) is 78.3 Å². The molecule has 0 bridgehead atoms. The van der Waals surface area contributed by atoms with Gasteiger partial charge in [0.05, 0.1) is 37.2 Å². The van der Waals surface area contributed by atoms with Gasteiger partial charge in [0.25, 0.3) is 0 Å². The number of aliphatic carboxylic acids is 3. The summed E-state index contributed by atoms with van der Waals surface area (Å²) in [6, 6.07) is 0. The quantitative estimate of drug-likeness (QED) is 0.0677. The lowest BCUT2D eigenvalue weighted by molar-refractivity contribution is -0.140. The first-order chi connectivity index (χ1) is 22.9. The van der Waals surface area contributed by atoms with Gasteiger partial charge in [-0.3, -0.25) is 58.1 Å². The lowest BCUT2D eigenvalue weighted by atomic mass is 10.2. The molecule has 1 unspecified atom stereocenters. The molecule has 2 rings (SSSR count). The number of Topliss-reactive ketones (excluding diaryl/α,β-unsaturated/α-hetero) is 1. The maximum atomic E-state index is 13.0. The van der Waals surface area contributed by atoms with E-state index in [1.807, 2.05) is 4.90 Å². The molecule has 3 amide bonds. The molecule has 6 N–H and O–H groups in total. The summed E-state index contributed by atoms with van der Waals surface area (Å²) >= 11 is 1.13. The summed E-state index contributed by atoms with van der Waals surface area (Å²) in [6.07, 6.45) is 2.99. The van der Waals surface area contributed by atoms with Crippen molar-refractivity contribution in [3.8, 4) is 0 Å². The summed E-state index contributed by atoms with van der Waals surface area (Å²) in [5.74, 6) is -4.09. The first-order valence-electron chi connectivity index (χ1n) is 16.4. The van der Waals surface area contributed by atoms with Crippen LogP contribution in [0.5, 0.6) is 0 Å². The molecule has 0 spiro atoms. The van der Waals surface area contributed by atoms with Crippen LogP contribution in [0.4, 0.5) is 0 Å². The van der Waals surface area contributed by atoms with E-state index in [1.54, 1.807) is 14.7 Å². The van der Waals surface area contributed by atoms with Crippen molar-refractivity contribution in [1.29, 1.82) is 0 Å². The molecular formula is C30H51N7O10S. The zero-order valence-electron chi connectivity index (χ0n) is 27.6. The summed E-state index contributed by atoms with van der Waals surface area (Å²) in [7, 11) is 0. The van der Waals surface area contributed by atoms with Gasteiger partial charge in [0.2, 0.25) is 17.7 Å². The molecule has 2 fully saturated rings. The third-order valence-electron chi connectivity index (χ3n) is 8.06. The summed E-state index contributed by atoms with van der Waals surface area (Å²) in [6.45, 7) is 2.79. The Balaban J connectivity index is 1.90. The van der Waals surface area contributed by atoms with Crippen LogP contribution in [0.25, 0.3) is 0 Å². The lowest BCUT2D eigenvalue weighted by Gasteiger charge is -2.32. The Labute approximate surface area is 285 Å². The van der Waals surface area contributed by atoms with Crippen molar-refractivity contribution in [1.82, 2.24) is 29.8 Å². The minimum atomic E-state index is -1.04. The van der Waals surface area contributed by atoms with E-state index in [4.69, 9.17) is 5.73 Å². The topological polar surface area (TPSA) is 234 Å². The summed E-state index contributed by atoms with van der Waals surface area (Å²) < 4.78 is 0. The molecule has 2 aliphatic rings. The van der Waals surface area contributed by atoms with Gasteiger partial charge >= 0.3 is 17.9 Å². The van der Waals surface area contributed by atoms with Gasteiger partial charge in [-0.05, 0) is 25.8 Å². The molecular weight excluding hydrogens is 650 g/mol. The van der Waals surface area contributed by atoms with Crippen molar-refractivity contribution in [3.05, 3.63) is 0 Å². The predicted molar refractivity (Wildman–Crippen MR) is 176 cm³/mol. The molecule has 2 saturated heterocycles. The number of carboxylic acids is 3. The number of nitrogens with one attached hydrogen (secondary N) is 1. The Morgan fingerprint density at radius 1 is 0.708 bits per heavy atom. The highest BCUT2D eigenvalue weighted by molar-refractivity contribution is 8.01. The van der Waals surface area contributed by atoms with Gasteiger partial charge in [-0.25, -0.2) is 0 Å². The second-order valence-corrected chi connectivity index (χ2v) is 13.2. The van der Waals surface area contributed by atoms with Crippen molar-refractivity contribution in [3.63, 3.8) is 0 Å². The SMILES string of the molecule is NCCCCCNC(=O)CSC1CC(=O)N(CCCC(=O)CN2CCN(CC(=O)O)CCN(CC(=O)O)CCN(CC(=O)O)CC2)C1=O. The zero-order valence-corrected chi connectivity index (χ0v) is 28.4. The van der Waals surface area contributed by atoms with Crippen molar-refractivity contribution in [2.75, 3.05) is 104 Å². The Morgan fingerprint density at radius 3 is 1.65 bits per heavy atom. The molecule has 2 aliphatic heterocycles. The second kappa shape index (κ2) is 22.5. The number of likely N-dealkylation sites (tertiary alicyclic amines) is 1. The van der Waals surface area contributed by atoms with Crippen molar-refractivity contribution >= 4 is 53.2 Å². The largest absolute Gasteiger partial charge is 0.480 e. The van der Waals surface area contributed by atoms with Gasteiger partial charge in [-0.15, -0.1) is 11.8 Å². The number of thioether (sulfide) groups is 1. The van der Waals surface area contributed by atoms with Crippen LogP contribution in [0.1, 0.15) is 38.5 Å². The maximum Gasteiger partial charge on any atom is 0.317 e. The van der Waals surface area contributed by atoms with Gasteiger partial charge in [-0.1, -0.05) is 6.42 Å². The molecule has 17 nitrogen and oxygen atoms in total. The van der Waals surface area contributed by atoms with E-state index in [0.29, 0.717) is 39.3 Å². The van der Waals surface area contributed by atoms with E-state index in [0.717, 1.165) is 35.9 Å². The molecule has 2 heterocycles. The molecule has 0 aromatic heterocycles. The number of hydrogen-bond donors (Lipinski definition) is 5. The van der Waals surface area contributed by atoms with Gasteiger partial charge in [-0.2, -0.15) is 0 Å². The van der Waals surface area contributed by atoms with E-state index in [9.17, 15) is 48.9 Å². The number of ketones is 1. The van der Waals surface area contributed by atoms with Crippen molar-refractivity contribution in [2.45, 2.75) is 43.8 Å². The van der Waals surface area contributed by atoms with Crippen LogP contribution in [-0.2, 0) is 33.6 Å². The average molecular weight is 702 g/mol. The van der Waals surface area contributed by atoms with Gasteiger partial charge < -0.3 is 26.4 Å². The van der Waals surface area contributed by atoms with Crippen LogP contribution in [0, 0.1) is 0 Å². The third-order valence-corrected chi connectivity index (χ3v) is 9.26. The average Bonchev–Trinajstić information content (AvgIpc) is 3.28. The molecule has 18 heteroatoms. The number of nitrogens with zero attached hydrogens (tertiary/aromatic N) is 5. The van der Waals surface area contributed by atoms with Gasteiger partial charge in [0.1, 0.15) is 5.78 Å². The summed E-state index contributed by atoms with van der Waals surface area (Å²) in [4.78, 5) is 92.8. The molecule has 0 aromatic carbocycles. The molecule has 1 atom stereocenters. The number of carbonyl (C=O) groups excluding carboxylic acids is 4. The highest BCUT2D eigenvalue weighted by atomic mass is 32.2. The predicted octanol–water partition coefficient (Wildman–Crippen LogP) is -2.08. The summed E-state index contributed by atoms with van der Waals surface area (Å²) in [5, 5.41) is 30.2. The number of nitrogens with two attached hydrogens (primary N) is 1. The van der Waals surface area contributed by atoms with E-state index < -0.39 is 23.2 Å². The smallest absolute Gasteiger partial charge is 0.317 e. The van der Waals surface area contributed by atoms with Gasteiger partial charge in [0.15, 0.2) is 0 Å². The minimum Gasteiger partial charge on any atom is -0.480 e. The Morgan fingerprint density at radius 2 is 1.19 bits per heavy atom. The number of amides is 3. The highest BCUT2D eigenvalue weighted by Crippen LogP contribution is 2.25. The fraction of sp³-hybridized carbons (Fsp3) is 0.767. The van der Waals surface area contributed by atoms with Crippen LogP contribution in [0.2, 0.25) is 0 Å². The van der Waals surface area contributed by atoms with E-state index in [1.165, 1.54) is 0 Å². The first kappa shape index (κ1) is 41.0. The van der Waals surface area contributed by atoms with Crippen LogP contribution >= 0.6 is 11.8 Å². The molecule has 0 aliphatic carbocycles. The standard InChI is InChI=1S/C30H51N7O10S/c31-6-2-1-3-7-32-25(39)22-48-24-17-26(40)37(30(24)47)8-4-5-23(38)18-33-9-11-34(19-27(41)42)13-15-36(21-29(45)46)16-14-35(12-10-33)20-28(43)44/h24H,1-22,31H2,(H,32,39)(H,41,42)(H,43,44)(H,45,46). The molecule has 48 heavy (non-hydrogen) atoms. The van der Waals surface area contributed by atoms with E-state index in [2.05, 4.69) is 5.32 Å². The number of rotatable bonds is 20. The lowest BCUT2D eigenvalue weighted by Crippen LogP contribution is -2.49. The van der Waals surface area contributed by atoms with Crippen LogP contribution in [-0.4, -0.2) is 190 Å². The molecule has 0 radical (unpaired) electrons. The number of hydrogen-bond acceptors (Lipinski definition) is 13. The molecule has 0 aromatic rings. The van der Waals surface area contributed by atoms with Crippen LogP contribution < -0.4 is 11.1 Å². The van der Waals surface area contributed by atoms with Crippen LogP contribution in [0.15, 0.2) is 0 Å². The Kier molecular flexibility index (Phi) is 19.2. The third kappa shape index (κ3) is 16.8. The van der Waals surface area contributed by atoms with Crippen molar-refractivity contribution in [2.24, 2.45) is 5.73 Å².